The van der Waals surface area contributed by atoms with E-state index in [1.807, 2.05) is 24.3 Å². The number of anilines is 2. The first-order chi connectivity index (χ1) is 16.7. The van der Waals surface area contributed by atoms with Crippen molar-refractivity contribution in [3.63, 3.8) is 0 Å². The monoisotopic (exact) mass is 511 g/mol. The van der Waals surface area contributed by atoms with E-state index in [1.165, 1.54) is 13.0 Å². The molecule has 1 aliphatic rings. The number of halogens is 2. The first-order valence-corrected chi connectivity index (χ1v) is 11.7. The van der Waals surface area contributed by atoms with Crippen LogP contribution in [0.15, 0.2) is 60.7 Å². The minimum atomic E-state index is -1.02. The summed E-state index contributed by atoms with van der Waals surface area (Å²) < 4.78 is 5.44. The summed E-state index contributed by atoms with van der Waals surface area (Å²) in [6.45, 7) is 2.88. The number of benzene rings is 3. The Labute approximate surface area is 212 Å². The largest absolute Gasteiger partial charge is 0.482 e. The average Bonchev–Trinajstić information content (AvgIpc) is 2.92. The molecule has 180 valence electrons. The molecule has 0 radical (unpaired) electrons. The van der Waals surface area contributed by atoms with E-state index >= 15 is 0 Å². The van der Waals surface area contributed by atoms with E-state index in [2.05, 4.69) is 5.32 Å². The molecule has 35 heavy (non-hydrogen) atoms. The molecule has 0 aliphatic carbocycles. The van der Waals surface area contributed by atoms with E-state index in [9.17, 15) is 14.4 Å². The maximum Gasteiger partial charge on any atom is 0.258 e. The second-order valence-corrected chi connectivity index (χ2v) is 9.06. The predicted octanol–water partition coefficient (Wildman–Crippen LogP) is 4.80. The fraction of sp³-hybridized carbons (Fsp3) is 0.192. The highest BCUT2D eigenvalue weighted by Crippen LogP contribution is 2.44. The molecule has 3 aromatic carbocycles. The lowest BCUT2D eigenvalue weighted by molar-refractivity contribution is -0.131. The van der Waals surface area contributed by atoms with Gasteiger partial charge in [-0.25, -0.2) is 4.90 Å². The number of nitrogens with one attached hydrogen (secondary N) is 1. The topological polar surface area (TPSA) is 102 Å². The molecule has 0 aromatic heterocycles. The summed E-state index contributed by atoms with van der Waals surface area (Å²) in [6.07, 6.45) is 0. The summed E-state index contributed by atoms with van der Waals surface area (Å²) in [7, 11) is 0. The van der Waals surface area contributed by atoms with Gasteiger partial charge in [-0.15, -0.1) is 0 Å². The molecule has 1 unspecified atom stereocenters. The van der Waals surface area contributed by atoms with Gasteiger partial charge in [-0.1, -0.05) is 53.5 Å². The van der Waals surface area contributed by atoms with Crippen molar-refractivity contribution in [3.8, 4) is 16.9 Å². The van der Waals surface area contributed by atoms with E-state index in [-0.39, 0.29) is 17.4 Å². The number of nitrogens with zero attached hydrogens (tertiary/aromatic N) is 1. The minimum absolute atomic E-state index is 0.257. The summed E-state index contributed by atoms with van der Waals surface area (Å²) in [5, 5.41) is 3.29. The van der Waals surface area contributed by atoms with Crippen LogP contribution in [0.1, 0.15) is 25.3 Å². The van der Waals surface area contributed by atoms with Crippen molar-refractivity contribution in [3.05, 3.63) is 76.3 Å². The van der Waals surface area contributed by atoms with Crippen LogP contribution >= 0.6 is 23.2 Å². The smallest absolute Gasteiger partial charge is 0.258 e. The van der Waals surface area contributed by atoms with Gasteiger partial charge < -0.3 is 15.8 Å². The first kappa shape index (κ1) is 24.6. The van der Waals surface area contributed by atoms with Gasteiger partial charge in [0.2, 0.25) is 5.91 Å². The maximum absolute atomic E-state index is 13.5. The third-order valence-corrected chi connectivity index (χ3v) is 6.35. The Morgan fingerprint density at radius 3 is 2.60 bits per heavy atom. The van der Waals surface area contributed by atoms with Gasteiger partial charge >= 0.3 is 0 Å². The van der Waals surface area contributed by atoms with Gasteiger partial charge in [-0.3, -0.25) is 14.4 Å². The summed E-state index contributed by atoms with van der Waals surface area (Å²) >= 11 is 11.9. The van der Waals surface area contributed by atoms with Crippen molar-refractivity contribution in [1.29, 1.82) is 0 Å². The van der Waals surface area contributed by atoms with Crippen LogP contribution in [-0.4, -0.2) is 30.4 Å². The van der Waals surface area contributed by atoms with Crippen molar-refractivity contribution < 1.29 is 19.1 Å². The molecule has 0 saturated heterocycles. The number of nitrogen functional groups attached to an aromatic ring is 1. The Bertz CT molecular complexity index is 1330. The Morgan fingerprint density at radius 1 is 1.11 bits per heavy atom. The quantitative estimate of drug-likeness (QED) is 0.478. The number of hydrogen-bond donors (Lipinski definition) is 2. The second kappa shape index (κ2) is 9.98. The van der Waals surface area contributed by atoms with E-state index in [4.69, 9.17) is 33.7 Å². The number of carbonyl (C=O) groups is 3. The van der Waals surface area contributed by atoms with E-state index < -0.39 is 29.7 Å². The number of rotatable bonds is 5. The Hall–Kier alpha value is -3.55. The molecule has 0 saturated carbocycles. The summed E-state index contributed by atoms with van der Waals surface area (Å²) in [4.78, 5) is 40.6. The van der Waals surface area contributed by atoms with Gasteiger partial charge in [0.1, 0.15) is 11.8 Å². The maximum atomic E-state index is 13.5. The lowest BCUT2D eigenvalue weighted by Crippen LogP contribution is -2.51. The van der Waals surface area contributed by atoms with Crippen LogP contribution in [0.2, 0.25) is 10.0 Å². The minimum Gasteiger partial charge on any atom is -0.482 e. The number of fused-ring (bicyclic) bond motifs is 3. The summed E-state index contributed by atoms with van der Waals surface area (Å²) in [6, 6.07) is 16.1. The molecular weight excluding hydrogens is 489 g/mol. The zero-order chi connectivity index (χ0) is 25.3. The molecule has 1 aliphatic heterocycles. The normalized spacial score (nSPS) is 15.5. The van der Waals surface area contributed by atoms with E-state index in [0.717, 1.165) is 16.0 Å². The molecule has 2 atom stereocenters. The van der Waals surface area contributed by atoms with Crippen molar-refractivity contribution in [2.45, 2.75) is 25.8 Å². The molecular formula is C26H23Cl2N3O4. The van der Waals surface area contributed by atoms with Gasteiger partial charge in [0.25, 0.3) is 11.8 Å². The van der Waals surface area contributed by atoms with Crippen LogP contribution in [0.3, 0.4) is 0 Å². The van der Waals surface area contributed by atoms with Crippen LogP contribution in [0.4, 0.5) is 11.4 Å². The highest BCUT2D eigenvalue weighted by molar-refractivity contribution is 6.35. The lowest BCUT2D eigenvalue weighted by atomic mass is 9.92. The van der Waals surface area contributed by atoms with Crippen molar-refractivity contribution >= 4 is 52.3 Å². The zero-order valence-corrected chi connectivity index (χ0v) is 20.6. The summed E-state index contributed by atoms with van der Waals surface area (Å²) in [5.74, 6) is -1.86. The number of carbonyl (C=O) groups excluding carboxylic acids is 3. The number of nitrogens with two attached hydrogens (primary N) is 1. The van der Waals surface area contributed by atoms with Gasteiger partial charge in [0, 0.05) is 16.3 Å². The van der Waals surface area contributed by atoms with Gasteiger partial charge in [-0.2, -0.15) is 0 Å². The molecule has 3 amide bonds. The Kier molecular flexibility index (Phi) is 7.00. The highest BCUT2D eigenvalue weighted by atomic mass is 35.5. The molecule has 3 N–H and O–H groups in total. The third-order valence-electron chi connectivity index (χ3n) is 5.82. The van der Waals surface area contributed by atoms with Crippen molar-refractivity contribution in [2.24, 2.45) is 0 Å². The zero-order valence-electron chi connectivity index (χ0n) is 19.0. The van der Waals surface area contributed by atoms with Crippen LogP contribution in [0.5, 0.6) is 5.75 Å². The van der Waals surface area contributed by atoms with E-state index in [1.54, 1.807) is 37.3 Å². The van der Waals surface area contributed by atoms with Gasteiger partial charge in [0.05, 0.1) is 16.6 Å². The first-order valence-electron chi connectivity index (χ1n) is 10.9. The number of amides is 3. The SMILES string of the molecule is CC1C(=O)N(C(=O)[C@H](C)NC(=O)COc2ccc(Cl)cc2Cl)c2cccc(N)c2-c2ccccc21. The van der Waals surface area contributed by atoms with Crippen LogP contribution < -0.4 is 20.7 Å². The fourth-order valence-corrected chi connectivity index (χ4v) is 4.55. The van der Waals surface area contributed by atoms with Gasteiger partial charge in [0.15, 0.2) is 6.61 Å². The molecule has 0 spiro atoms. The number of ether oxygens (including phenoxy) is 1. The van der Waals surface area contributed by atoms with Crippen LogP contribution in [0.25, 0.3) is 11.1 Å². The van der Waals surface area contributed by atoms with Crippen LogP contribution in [0, 0.1) is 0 Å². The highest BCUT2D eigenvalue weighted by Gasteiger charge is 2.37. The number of hydrogen-bond acceptors (Lipinski definition) is 5. The molecule has 3 aromatic rings. The molecule has 0 bridgehead atoms. The lowest BCUT2D eigenvalue weighted by Gasteiger charge is -2.26. The standard InChI is InChI=1S/C26H23Cl2N3O4/c1-14-17-6-3-4-7-18(17)24-20(29)8-5-9-21(24)31(25(14)33)26(34)15(2)30-23(32)13-35-22-11-10-16(27)12-19(22)28/h3-12,14-15H,13,29H2,1-2H3,(H,30,32)/t14?,15-/m0/s1. The van der Waals surface area contributed by atoms with Crippen molar-refractivity contribution in [2.75, 3.05) is 17.2 Å². The third kappa shape index (κ3) is 4.83. The fourth-order valence-electron chi connectivity index (χ4n) is 4.09. The number of imide groups is 1. The van der Waals surface area contributed by atoms with Gasteiger partial charge in [-0.05, 0) is 55.3 Å². The molecule has 9 heteroatoms. The molecule has 1 heterocycles. The Balaban J connectivity index is 1.57. The Morgan fingerprint density at radius 2 is 1.86 bits per heavy atom. The summed E-state index contributed by atoms with van der Waals surface area (Å²) in [5.41, 5.74) is 9.29. The predicted molar refractivity (Wildman–Crippen MR) is 137 cm³/mol. The molecule has 0 fully saturated rings. The van der Waals surface area contributed by atoms with Crippen molar-refractivity contribution in [1.82, 2.24) is 5.32 Å². The van der Waals surface area contributed by atoms with Crippen LogP contribution in [-0.2, 0) is 14.4 Å². The van der Waals surface area contributed by atoms with E-state index in [0.29, 0.717) is 22.0 Å². The average molecular weight is 512 g/mol. The molecule has 7 nitrogen and oxygen atoms in total. The molecule has 4 rings (SSSR count). The second-order valence-electron chi connectivity index (χ2n) is 8.21.